The van der Waals surface area contributed by atoms with Crippen molar-refractivity contribution in [1.82, 2.24) is 10.2 Å². The van der Waals surface area contributed by atoms with Crippen LogP contribution in [0.25, 0.3) is 0 Å². The maximum absolute atomic E-state index is 12.0. The van der Waals surface area contributed by atoms with Crippen LogP contribution >= 0.6 is 27.5 Å². The van der Waals surface area contributed by atoms with E-state index in [-0.39, 0.29) is 5.91 Å². The van der Waals surface area contributed by atoms with Crippen LogP contribution in [0.4, 0.5) is 0 Å². The maximum atomic E-state index is 12.0. The molecule has 1 N–H and O–H groups in total. The Kier molecular flexibility index (Phi) is 5.67. The van der Waals surface area contributed by atoms with Gasteiger partial charge in [-0.2, -0.15) is 0 Å². The van der Waals surface area contributed by atoms with Gasteiger partial charge in [-0.25, -0.2) is 0 Å². The fourth-order valence-electron chi connectivity index (χ4n) is 2.28. The van der Waals surface area contributed by atoms with E-state index in [9.17, 15) is 4.79 Å². The Morgan fingerprint density at radius 3 is 2.79 bits per heavy atom. The molecule has 0 spiro atoms. The lowest BCUT2D eigenvalue weighted by Gasteiger charge is -2.26. The molecule has 0 aromatic heterocycles. The molecule has 1 aliphatic rings. The predicted molar refractivity (Wildman–Crippen MR) is 81.8 cm³/mol. The van der Waals surface area contributed by atoms with Gasteiger partial charge in [0, 0.05) is 22.6 Å². The smallest absolute Gasteiger partial charge is 0.252 e. The number of amides is 1. The Morgan fingerprint density at radius 1 is 1.32 bits per heavy atom. The number of nitrogens with zero attached hydrogens (tertiary/aromatic N) is 1. The number of carbonyl (C=O) groups is 1. The number of piperidine rings is 1. The summed E-state index contributed by atoms with van der Waals surface area (Å²) in [6.07, 6.45) is 3.87. The first-order valence-corrected chi connectivity index (χ1v) is 7.79. The van der Waals surface area contributed by atoms with Crippen LogP contribution in [-0.4, -0.2) is 37.0 Å². The number of nitrogens with one attached hydrogen (secondary N) is 1. The number of hydrogen-bond acceptors (Lipinski definition) is 2. The molecule has 0 atom stereocenters. The second-order valence-corrected chi connectivity index (χ2v) is 6.07. The Balaban J connectivity index is 1.82. The molecule has 1 amide bonds. The summed E-state index contributed by atoms with van der Waals surface area (Å²) in [7, 11) is 0. The average molecular weight is 346 g/mol. The van der Waals surface area contributed by atoms with Crippen LogP contribution < -0.4 is 5.32 Å². The highest BCUT2D eigenvalue weighted by atomic mass is 79.9. The van der Waals surface area contributed by atoms with Crippen molar-refractivity contribution in [1.29, 1.82) is 0 Å². The molecule has 0 saturated carbocycles. The van der Waals surface area contributed by atoms with Crippen molar-refractivity contribution in [2.45, 2.75) is 19.3 Å². The van der Waals surface area contributed by atoms with Gasteiger partial charge in [0.05, 0.1) is 5.56 Å². The van der Waals surface area contributed by atoms with E-state index in [1.54, 1.807) is 18.2 Å². The molecule has 5 heteroatoms. The van der Waals surface area contributed by atoms with Gasteiger partial charge in [0.1, 0.15) is 0 Å². The molecular weight excluding hydrogens is 328 g/mol. The molecule has 1 heterocycles. The van der Waals surface area contributed by atoms with E-state index in [2.05, 4.69) is 26.1 Å². The Labute approximate surface area is 127 Å². The molecule has 1 aliphatic heterocycles. The molecule has 0 radical (unpaired) electrons. The van der Waals surface area contributed by atoms with Gasteiger partial charge in [-0.05, 0) is 60.1 Å². The first-order chi connectivity index (χ1) is 9.16. The van der Waals surface area contributed by atoms with E-state index in [4.69, 9.17) is 11.6 Å². The van der Waals surface area contributed by atoms with Gasteiger partial charge in [-0.3, -0.25) is 4.79 Å². The number of likely N-dealkylation sites (tertiary alicyclic amines) is 1. The van der Waals surface area contributed by atoms with Crippen LogP contribution in [0.1, 0.15) is 29.6 Å². The molecule has 1 aromatic rings. The zero-order valence-corrected chi connectivity index (χ0v) is 13.1. The van der Waals surface area contributed by atoms with Gasteiger partial charge < -0.3 is 10.2 Å². The lowest BCUT2D eigenvalue weighted by molar-refractivity contribution is 0.0946. The van der Waals surface area contributed by atoms with Crippen LogP contribution in [0, 0.1) is 0 Å². The monoisotopic (exact) mass is 344 g/mol. The predicted octanol–water partition coefficient (Wildman–Crippen LogP) is 3.32. The molecule has 0 bridgehead atoms. The third kappa shape index (κ3) is 4.48. The first-order valence-electron chi connectivity index (χ1n) is 6.62. The largest absolute Gasteiger partial charge is 0.351 e. The van der Waals surface area contributed by atoms with E-state index in [0.717, 1.165) is 24.1 Å². The van der Waals surface area contributed by atoms with Gasteiger partial charge in [-0.1, -0.05) is 18.0 Å². The lowest BCUT2D eigenvalue weighted by Crippen LogP contribution is -2.37. The van der Waals surface area contributed by atoms with Crippen molar-refractivity contribution in [3.8, 4) is 0 Å². The normalized spacial score (nSPS) is 16.3. The van der Waals surface area contributed by atoms with Crippen LogP contribution in [0.5, 0.6) is 0 Å². The van der Waals surface area contributed by atoms with Crippen LogP contribution in [-0.2, 0) is 0 Å². The van der Waals surface area contributed by atoms with E-state index in [1.165, 1.54) is 19.3 Å². The van der Waals surface area contributed by atoms with Crippen LogP contribution in [0.2, 0.25) is 5.02 Å². The number of carbonyl (C=O) groups excluding carboxylic acids is 1. The Morgan fingerprint density at radius 2 is 2.05 bits per heavy atom. The van der Waals surface area contributed by atoms with Gasteiger partial charge in [0.25, 0.3) is 5.91 Å². The summed E-state index contributed by atoms with van der Waals surface area (Å²) in [6.45, 7) is 3.90. The average Bonchev–Trinajstić information content (AvgIpc) is 2.42. The molecule has 3 nitrogen and oxygen atoms in total. The highest BCUT2D eigenvalue weighted by Crippen LogP contribution is 2.20. The van der Waals surface area contributed by atoms with E-state index < -0.39 is 0 Å². The van der Waals surface area contributed by atoms with Gasteiger partial charge in [0.15, 0.2) is 0 Å². The number of benzene rings is 1. The topological polar surface area (TPSA) is 32.3 Å². The summed E-state index contributed by atoms with van der Waals surface area (Å²) in [4.78, 5) is 14.4. The number of halogens is 2. The molecule has 1 saturated heterocycles. The number of rotatable bonds is 4. The fourth-order valence-corrected chi connectivity index (χ4v) is 2.88. The summed E-state index contributed by atoms with van der Waals surface area (Å²) in [5, 5.41) is 3.52. The molecular formula is C14H18BrClN2O. The summed E-state index contributed by atoms with van der Waals surface area (Å²) in [5.74, 6) is -0.0774. The van der Waals surface area contributed by atoms with Crippen molar-refractivity contribution in [3.63, 3.8) is 0 Å². The van der Waals surface area contributed by atoms with Gasteiger partial charge >= 0.3 is 0 Å². The van der Waals surface area contributed by atoms with Crippen molar-refractivity contribution in [3.05, 3.63) is 33.3 Å². The molecule has 1 fully saturated rings. The zero-order valence-electron chi connectivity index (χ0n) is 10.8. The van der Waals surface area contributed by atoms with E-state index in [0.29, 0.717) is 17.1 Å². The van der Waals surface area contributed by atoms with Crippen LogP contribution in [0.15, 0.2) is 22.7 Å². The van der Waals surface area contributed by atoms with E-state index >= 15 is 0 Å². The standard InChI is InChI=1S/C14H18BrClN2O/c15-13-5-4-11(16)10-12(13)14(19)17-6-9-18-7-2-1-3-8-18/h4-5,10H,1-3,6-9H2,(H,17,19). The maximum Gasteiger partial charge on any atom is 0.252 e. The van der Waals surface area contributed by atoms with Crippen molar-refractivity contribution in [2.75, 3.05) is 26.2 Å². The minimum atomic E-state index is -0.0774. The van der Waals surface area contributed by atoms with E-state index in [1.807, 2.05) is 0 Å². The highest BCUT2D eigenvalue weighted by molar-refractivity contribution is 9.10. The van der Waals surface area contributed by atoms with Crippen LogP contribution in [0.3, 0.4) is 0 Å². The molecule has 1 aromatic carbocycles. The van der Waals surface area contributed by atoms with Crippen molar-refractivity contribution >= 4 is 33.4 Å². The molecule has 19 heavy (non-hydrogen) atoms. The fraction of sp³-hybridized carbons (Fsp3) is 0.500. The first kappa shape index (κ1) is 14.8. The second kappa shape index (κ2) is 7.27. The zero-order chi connectivity index (χ0) is 13.7. The minimum Gasteiger partial charge on any atom is -0.351 e. The Bertz CT molecular complexity index is 447. The Hall–Kier alpha value is -0.580. The molecule has 0 aliphatic carbocycles. The summed E-state index contributed by atoms with van der Waals surface area (Å²) >= 11 is 9.28. The quantitative estimate of drug-likeness (QED) is 0.908. The third-order valence-electron chi connectivity index (χ3n) is 3.34. The lowest BCUT2D eigenvalue weighted by atomic mass is 10.1. The third-order valence-corrected chi connectivity index (χ3v) is 4.26. The van der Waals surface area contributed by atoms with Crippen molar-refractivity contribution in [2.24, 2.45) is 0 Å². The minimum absolute atomic E-state index is 0.0774. The highest BCUT2D eigenvalue weighted by Gasteiger charge is 2.12. The molecule has 104 valence electrons. The second-order valence-electron chi connectivity index (χ2n) is 4.78. The summed E-state index contributed by atoms with van der Waals surface area (Å²) < 4.78 is 0.771. The summed E-state index contributed by atoms with van der Waals surface area (Å²) in [6, 6.07) is 5.24. The summed E-state index contributed by atoms with van der Waals surface area (Å²) in [5.41, 5.74) is 0.589. The number of hydrogen-bond donors (Lipinski definition) is 1. The van der Waals surface area contributed by atoms with Gasteiger partial charge in [-0.15, -0.1) is 0 Å². The SMILES string of the molecule is O=C(NCCN1CCCCC1)c1cc(Cl)ccc1Br. The molecule has 2 rings (SSSR count). The van der Waals surface area contributed by atoms with Crippen molar-refractivity contribution < 1.29 is 4.79 Å². The van der Waals surface area contributed by atoms with Gasteiger partial charge in [0.2, 0.25) is 0 Å². The molecule has 0 unspecified atom stereocenters.